The van der Waals surface area contributed by atoms with Gasteiger partial charge in [-0.2, -0.15) is 0 Å². The third-order valence-corrected chi connectivity index (χ3v) is 5.03. The Labute approximate surface area is 146 Å². The van der Waals surface area contributed by atoms with Crippen molar-refractivity contribution in [2.24, 2.45) is 0 Å². The van der Waals surface area contributed by atoms with Gasteiger partial charge in [-0.05, 0) is 48.4 Å². The van der Waals surface area contributed by atoms with Crippen LogP contribution in [-0.4, -0.2) is 31.3 Å². The Morgan fingerprint density at radius 3 is 1.74 bits per heavy atom. The van der Waals surface area contributed by atoms with E-state index in [0.717, 1.165) is 42.6 Å². The van der Waals surface area contributed by atoms with Gasteiger partial charge in [-0.1, -0.05) is 35.0 Å². The number of piperazine rings is 1. The van der Waals surface area contributed by atoms with Crippen LogP contribution in [0.25, 0.3) is 0 Å². The summed E-state index contributed by atoms with van der Waals surface area (Å²) in [6.45, 7) is 6.10. The third-order valence-electron chi connectivity index (χ3n) is 4.50. The molecule has 0 bridgehead atoms. The average Bonchev–Trinajstić information content (AvgIpc) is 2.62. The number of hydrogen-bond donors (Lipinski definition) is 1. The summed E-state index contributed by atoms with van der Waals surface area (Å²) < 4.78 is 1.12. The molecule has 1 fully saturated rings. The van der Waals surface area contributed by atoms with Crippen molar-refractivity contribution >= 4 is 27.3 Å². The van der Waals surface area contributed by atoms with Crippen LogP contribution in [0.15, 0.2) is 53.0 Å². The summed E-state index contributed by atoms with van der Waals surface area (Å²) in [7, 11) is 0. The molecule has 1 N–H and O–H groups in total. The van der Waals surface area contributed by atoms with Crippen molar-refractivity contribution < 1.29 is 5.11 Å². The van der Waals surface area contributed by atoms with E-state index in [1.165, 1.54) is 11.4 Å². The average molecular weight is 375 g/mol. The summed E-state index contributed by atoms with van der Waals surface area (Å²) in [5.41, 5.74) is 3.53. The fraction of sp³-hybridized carbons (Fsp3) is 0.368. The maximum absolute atomic E-state index is 9.89. The Kier molecular flexibility index (Phi) is 5.23. The highest BCUT2D eigenvalue weighted by Gasteiger charge is 2.17. The molecule has 3 nitrogen and oxygen atoms in total. The van der Waals surface area contributed by atoms with E-state index in [4.69, 9.17) is 0 Å². The molecule has 4 heteroatoms. The van der Waals surface area contributed by atoms with Gasteiger partial charge in [0, 0.05) is 42.0 Å². The number of nitrogens with zero attached hydrogens (tertiary/aromatic N) is 2. The smallest absolute Gasteiger partial charge is 0.0787 e. The predicted octanol–water partition coefficient (Wildman–Crippen LogP) is 4.22. The first-order valence-electron chi connectivity index (χ1n) is 8.21. The maximum atomic E-state index is 9.89. The molecule has 0 aromatic heterocycles. The lowest BCUT2D eigenvalue weighted by molar-refractivity contribution is 0.173. The van der Waals surface area contributed by atoms with Crippen LogP contribution < -0.4 is 9.80 Å². The van der Waals surface area contributed by atoms with E-state index in [-0.39, 0.29) is 6.10 Å². The Bertz CT molecular complexity index is 619. The van der Waals surface area contributed by atoms with Gasteiger partial charge >= 0.3 is 0 Å². The van der Waals surface area contributed by atoms with E-state index < -0.39 is 0 Å². The monoisotopic (exact) mass is 374 g/mol. The zero-order chi connectivity index (χ0) is 16.2. The molecule has 1 atom stereocenters. The van der Waals surface area contributed by atoms with Crippen molar-refractivity contribution in [2.45, 2.75) is 19.4 Å². The van der Waals surface area contributed by atoms with Crippen LogP contribution in [-0.2, 0) is 0 Å². The molecule has 122 valence electrons. The fourth-order valence-corrected chi connectivity index (χ4v) is 3.28. The first kappa shape index (κ1) is 16.3. The van der Waals surface area contributed by atoms with Gasteiger partial charge in [0.15, 0.2) is 0 Å². The Morgan fingerprint density at radius 2 is 1.30 bits per heavy atom. The molecule has 2 aromatic rings. The van der Waals surface area contributed by atoms with Gasteiger partial charge in [-0.15, -0.1) is 0 Å². The first-order chi connectivity index (χ1) is 11.2. The lowest BCUT2D eigenvalue weighted by atomic mass is 10.1. The summed E-state index contributed by atoms with van der Waals surface area (Å²) in [6.07, 6.45) is 0.406. The summed E-state index contributed by atoms with van der Waals surface area (Å²) in [4.78, 5) is 4.84. The van der Waals surface area contributed by atoms with Crippen LogP contribution in [0, 0.1) is 0 Å². The molecule has 1 heterocycles. The van der Waals surface area contributed by atoms with Gasteiger partial charge in [0.05, 0.1) is 6.10 Å². The number of halogens is 1. The van der Waals surface area contributed by atoms with Gasteiger partial charge < -0.3 is 14.9 Å². The highest BCUT2D eigenvalue weighted by atomic mass is 79.9. The second-order valence-electron chi connectivity index (χ2n) is 5.97. The molecule has 1 aliphatic heterocycles. The van der Waals surface area contributed by atoms with Crippen molar-refractivity contribution in [3.05, 3.63) is 58.6 Å². The van der Waals surface area contributed by atoms with Crippen LogP contribution in [0.3, 0.4) is 0 Å². The quantitative estimate of drug-likeness (QED) is 0.867. The number of hydrogen-bond acceptors (Lipinski definition) is 3. The number of aliphatic hydroxyl groups excluding tert-OH is 1. The SMILES string of the molecule is CCC(O)c1ccc(N2CCN(c3ccc(Br)cc3)CC2)cc1. The molecule has 0 amide bonds. The van der Waals surface area contributed by atoms with E-state index in [2.05, 4.69) is 62.1 Å². The predicted molar refractivity (Wildman–Crippen MR) is 100 cm³/mol. The first-order valence-corrected chi connectivity index (χ1v) is 9.00. The standard InChI is InChI=1S/C19H23BrN2O/c1-2-19(23)15-3-7-17(8-4-15)21-11-13-22(14-12-21)18-9-5-16(20)6-10-18/h3-10,19,23H,2,11-14H2,1H3. The molecule has 3 rings (SSSR count). The number of anilines is 2. The van der Waals surface area contributed by atoms with Gasteiger partial charge in [0.2, 0.25) is 0 Å². The highest BCUT2D eigenvalue weighted by molar-refractivity contribution is 9.10. The van der Waals surface area contributed by atoms with Crippen molar-refractivity contribution in [3.63, 3.8) is 0 Å². The largest absolute Gasteiger partial charge is 0.388 e. The van der Waals surface area contributed by atoms with E-state index in [1.807, 2.05) is 19.1 Å². The minimum Gasteiger partial charge on any atom is -0.388 e. The lowest BCUT2D eigenvalue weighted by Crippen LogP contribution is -2.46. The Hall–Kier alpha value is -1.52. The summed E-state index contributed by atoms with van der Waals surface area (Å²) in [6, 6.07) is 16.9. The second-order valence-corrected chi connectivity index (χ2v) is 6.88. The Balaban J connectivity index is 1.61. The molecule has 1 aliphatic rings. The highest BCUT2D eigenvalue weighted by Crippen LogP contribution is 2.24. The molecule has 0 aliphatic carbocycles. The summed E-state index contributed by atoms with van der Waals surface area (Å²) in [5, 5.41) is 9.89. The van der Waals surface area contributed by atoms with Crippen LogP contribution >= 0.6 is 15.9 Å². The number of rotatable bonds is 4. The lowest BCUT2D eigenvalue weighted by Gasteiger charge is -2.37. The molecule has 1 unspecified atom stereocenters. The molecule has 1 saturated heterocycles. The number of benzene rings is 2. The summed E-state index contributed by atoms with van der Waals surface area (Å²) >= 11 is 3.49. The molecular formula is C19H23BrN2O. The Morgan fingerprint density at radius 1 is 0.870 bits per heavy atom. The van der Waals surface area contributed by atoms with E-state index in [1.54, 1.807) is 0 Å². The zero-order valence-corrected chi connectivity index (χ0v) is 15.0. The zero-order valence-electron chi connectivity index (χ0n) is 13.5. The van der Waals surface area contributed by atoms with Crippen molar-refractivity contribution in [1.29, 1.82) is 0 Å². The van der Waals surface area contributed by atoms with E-state index in [0.29, 0.717) is 0 Å². The van der Waals surface area contributed by atoms with E-state index >= 15 is 0 Å². The van der Waals surface area contributed by atoms with Crippen LogP contribution in [0.1, 0.15) is 25.0 Å². The maximum Gasteiger partial charge on any atom is 0.0787 e. The van der Waals surface area contributed by atoms with Crippen LogP contribution in [0.5, 0.6) is 0 Å². The van der Waals surface area contributed by atoms with Crippen LogP contribution in [0.4, 0.5) is 11.4 Å². The van der Waals surface area contributed by atoms with Gasteiger partial charge in [-0.25, -0.2) is 0 Å². The molecule has 0 radical (unpaired) electrons. The normalized spacial score (nSPS) is 16.5. The minimum atomic E-state index is -0.349. The van der Waals surface area contributed by atoms with Gasteiger partial charge in [-0.3, -0.25) is 0 Å². The summed E-state index contributed by atoms with van der Waals surface area (Å²) in [5.74, 6) is 0. The van der Waals surface area contributed by atoms with Crippen molar-refractivity contribution in [1.82, 2.24) is 0 Å². The topological polar surface area (TPSA) is 26.7 Å². The van der Waals surface area contributed by atoms with Crippen molar-refractivity contribution in [2.75, 3.05) is 36.0 Å². The molecule has 0 spiro atoms. The second kappa shape index (κ2) is 7.37. The van der Waals surface area contributed by atoms with E-state index in [9.17, 15) is 5.11 Å². The van der Waals surface area contributed by atoms with Crippen LogP contribution in [0.2, 0.25) is 0 Å². The third kappa shape index (κ3) is 3.88. The van der Waals surface area contributed by atoms with Crippen molar-refractivity contribution in [3.8, 4) is 0 Å². The molecule has 0 saturated carbocycles. The van der Waals surface area contributed by atoms with Gasteiger partial charge in [0.1, 0.15) is 0 Å². The molecular weight excluding hydrogens is 352 g/mol. The van der Waals surface area contributed by atoms with Gasteiger partial charge in [0.25, 0.3) is 0 Å². The number of aliphatic hydroxyl groups is 1. The minimum absolute atomic E-state index is 0.349. The molecule has 2 aromatic carbocycles. The molecule has 23 heavy (non-hydrogen) atoms. The fourth-order valence-electron chi connectivity index (χ4n) is 3.02.